The number of hydrogen-bond acceptors (Lipinski definition) is 5. The quantitative estimate of drug-likeness (QED) is 0.633. The van der Waals surface area contributed by atoms with Crippen LogP contribution in [-0.2, 0) is 16.1 Å². The Bertz CT molecular complexity index is 493. The molecule has 4 N–H and O–H groups in total. The highest BCUT2D eigenvalue weighted by molar-refractivity contribution is 5.76. The van der Waals surface area contributed by atoms with Gasteiger partial charge in [-0.15, -0.1) is 0 Å². The summed E-state index contributed by atoms with van der Waals surface area (Å²) in [5, 5.41) is 0. The molecule has 19 heavy (non-hydrogen) atoms. The molecule has 2 rings (SSSR count). The van der Waals surface area contributed by atoms with Gasteiger partial charge in [-0.05, 0) is 25.5 Å². The number of anilines is 2. The number of halogens is 1. The molecule has 0 radical (unpaired) electrons. The predicted molar refractivity (Wildman–Crippen MR) is 70.7 cm³/mol. The zero-order valence-corrected chi connectivity index (χ0v) is 10.9. The van der Waals surface area contributed by atoms with Gasteiger partial charge in [0.25, 0.3) is 0 Å². The lowest BCUT2D eigenvalue weighted by atomic mass is 10.1. The summed E-state index contributed by atoms with van der Waals surface area (Å²) >= 11 is 0. The molecular formula is C13H18FN3O2. The fraction of sp³-hybridized carbons (Fsp3) is 0.462. The number of nitrogens with zero attached hydrogens (tertiary/aromatic N) is 1. The standard InChI is InChI=1S/C13H18FN3O2/c1-19-13(18)10-3-2-6-17(10)7-8-4-5-9(15)12(16)11(8)14/h4-5,10H,2-3,6-7,15-16H2,1H3/t10-/m1/s1. The van der Waals surface area contributed by atoms with E-state index in [-0.39, 0.29) is 23.4 Å². The Kier molecular flexibility index (Phi) is 3.90. The van der Waals surface area contributed by atoms with Crippen LogP contribution in [0.1, 0.15) is 18.4 Å². The van der Waals surface area contributed by atoms with E-state index in [9.17, 15) is 9.18 Å². The number of methoxy groups -OCH3 is 1. The molecule has 0 amide bonds. The lowest BCUT2D eigenvalue weighted by Crippen LogP contribution is -2.36. The number of carbonyl (C=O) groups excluding carboxylic acids is 1. The van der Waals surface area contributed by atoms with Crippen molar-refractivity contribution in [1.29, 1.82) is 0 Å². The van der Waals surface area contributed by atoms with Crippen LogP contribution in [0.15, 0.2) is 12.1 Å². The third-order valence-corrected chi connectivity index (χ3v) is 3.50. The Morgan fingerprint density at radius 3 is 2.95 bits per heavy atom. The molecule has 0 spiro atoms. The maximum atomic E-state index is 14.0. The largest absolute Gasteiger partial charge is 0.468 e. The van der Waals surface area contributed by atoms with Gasteiger partial charge in [-0.25, -0.2) is 4.39 Å². The first-order chi connectivity index (χ1) is 9.04. The van der Waals surface area contributed by atoms with Crippen LogP contribution in [0.4, 0.5) is 15.8 Å². The summed E-state index contributed by atoms with van der Waals surface area (Å²) in [5.41, 5.74) is 11.7. The van der Waals surface area contributed by atoms with Crippen LogP contribution in [0.2, 0.25) is 0 Å². The summed E-state index contributed by atoms with van der Waals surface area (Å²) < 4.78 is 18.7. The van der Waals surface area contributed by atoms with E-state index >= 15 is 0 Å². The van der Waals surface area contributed by atoms with Crippen molar-refractivity contribution < 1.29 is 13.9 Å². The monoisotopic (exact) mass is 267 g/mol. The zero-order chi connectivity index (χ0) is 14.0. The zero-order valence-electron chi connectivity index (χ0n) is 10.9. The van der Waals surface area contributed by atoms with Crippen LogP contribution in [0.5, 0.6) is 0 Å². The molecule has 1 aliphatic rings. The van der Waals surface area contributed by atoms with E-state index in [0.29, 0.717) is 12.1 Å². The molecule has 0 aromatic heterocycles. The summed E-state index contributed by atoms with van der Waals surface area (Å²) in [4.78, 5) is 13.5. The number of hydrogen-bond donors (Lipinski definition) is 2. The van der Waals surface area contributed by atoms with E-state index in [1.54, 1.807) is 12.1 Å². The molecule has 1 heterocycles. The van der Waals surface area contributed by atoms with E-state index in [4.69, 9.17) is 16.2 Å². The summed E-state index contributed by atoms with van der Waals surface area (Å²) in [7, 11) is 1.36. The van der Waals surface area contributed by atoms with Gasteiger partial charge in [0, 0.05) is 12.1 Å². The van der Waals surface area contributed by atoms with Gasteiger partial charge < -0.3 is 16.2 Å². The minimum absolute atomic E-state index is 0.0358. The summed E-state index contributed by atoms with van der Waals surface area (Å²) in [6.07, 6.45) is 1.63. The van der Waals surface area contributed by atoms with Crippen molar-refractivity contribution in [2.24, 2.45) is 0 Å². The van der Waals surface area contributed by atoms with Crippen LogP contribution < -0.4 is 11.5 Å². The highest BCUT2D eigenvalue weighted by atomic mass is 19.1. The molecule has 1 aliphatic heterocycles. The summed E-state index contributed by atoms with van der Waals surface area (Å²) in [6.45, 7) is 1.07. The molecule has 104 valence electrons. The molecule has 0 saturated carbocycles. The van der Waals surface area contributed by atoms with Crippen molar-refractivity contribution in [3.63, 3.8) is 0 Å². The van der Waals surface area contributed by atoms with E-state index < -0.39 is 5.82 Å². The Balaban J connectivity index is 2.17. The molecule has 6 heteroatoms. The van der Waals surface area contributed by atoms with Crippen LogP contribution in [0.3, 0.4) is 0 Å². The molecule has 1 fully saturated rings. The normalized spacial score (nSPS) is 19.6. The lowest BCUT2D eigenvalue weighted by Gasteiger charge is -2.22. The maximum absolute atomic E-state index is 14.0. The van der Waals surface area contributed by atoms with Crippen LogP contribution in [-0.4, -0.2) is 30.6 Å². The molecule has 1 aromatic carbocycles. The number of likely N-dealkylation sites (tertiary alicyclic amines) is 1. The molecule has 1 saturated heterocycles. The molecule has 0 aliphatic carbocycles. The predicted octanol–water partition coefficient (Wildman–Crippen LogP) is 1.13. The van der Waals surface area contributed by atoms with Crippen molar-refractivity contribution in [2.45, 2.75) is 25.4 Å². The first-order valence-electron chi connectivity index (χ1n) is 6.18. The van der Waals surface area contributed by atoms with Gasteiger partial charge in [-0.3, -0.25) is 9.69 Å². The first kappa shape index (κ1) is 13.6. The molecule has 1 aromatic rings. The summed E-state index contributed by atoms with van der Waals surface area (Å²) in [6, 6.07) is 2.88. The second-order valence-corrected chi connectivity index (χ2v) is 4.69. The number of benzene rings is 1. The summed E-state index contributed by atoms with van der Waals surface area (Å²) in [5.74, 6) is -0.781. The van der Waals surface area contributed by atoms with Crippen LogP contribution in [0, 0.1) is 5.82 Å². The Hall–Kier alpha value is -1.82. The molecule has 1 atom stereocenters. The maximum Gasteiger partial charge on any atom is 0.323 e. The van der Waals surface area contributed by atoms with Gasteiger partial charge in [-0.2, -0.15) is 0 Å². The van der Waals surface area contributed by atoms with Crippen molar-refractivity contribution in [3.05, 3.63) is 23.5 Å². The smallest absolute Gasteiger partial charge is 0.323 e. The molecule has 0 bridgehead atoms. The minimum atomic E-state index is -0.504. The van der Waals surface area contributed by atoms with Gasteiger partial charge in [0.2, 0.25) is 0 Å². The van der Waals surface area contributed by atoms with Gasteiger partial charge in [-0.1, -0.05) is 6.07 Å². The van der Waals surface area contributed by atoms with Gasteiger partial charge in [0.05, 0.1) is 18.5 Å². The molecule has 5 nitrogen and oxygen atoms in total. The van der Waals surface area contributed by atoms with Crippen LogP contribution in [0.25, 0.3) is 0 Å². The number of ether oxygens (including phenoxy) is 1. The van der Waals surface area contributed by atoms with Crippen molar-refractivity contribution in [3.8, 4) is 0 Å². The fourth-order valence-corrected chi connectivity index (χ4v) is 2.41. The van der Waals surface area contributed by atoms with Crippen molar-refractivity contribution in [1.82, 2.24) is 4.90 Å². The van der Waals surface area contributed by atoms with E-state index in [1.165, 1.54) is 7.11 Å². The third kappa shape index (κ3) is 2.63. The van der Waals surface area contributed by atoms with Gasteiger partial charge >= 0.3 is 5.97 Å². The lowest BCUT2D eigenvalue weighted by molar-refractivity contribution is -0.146. The highest BCUT2D eigenvalue weighted by Crippen LogP contribution is 2.26. The number of carbonyl (C=O) groups is 1. The Morgan fingerprint density at radius 2 is 2.26 bits per heavy atom. The van der Waals surface area contributed by atoms with Gasteiger partial charge in [0.15, 0.2) is 5.82 Å². The average Bonchev–Trinajstić information content (AvgIpc) is 2.87. The first-order valence-corrected chi connectivity index (χ1v) is 6.18. The highest BCUT2D eigenvalue weighted by Gasteiger charge is 2.31. The van der Waals surface area contributed by atoms with E-state index in [0.717, 1.165) is 19.4 Å². The Labute approximate surface area is 111 Å². The molecule has 0 unspecified atom stereocenters. The van der Waals surface area contributed by atoms with E-state index in [2.05, 4.69) is 0 Å². The fourth-order valence-electron chi connectivity index (χ4n) is 2.41. The van der Waals surface area contributed by atoms with Crippen molar-refractivity contribution >= 4 is 17.3 Å². The molecular weight excluding hydrogens is 249 g/mol. The third-order valence-electron chi connectivity index (χ3n) is 3.50. The van der Waals surface area contributed by atoms with Gasteiger partial charge in [0.1, 0.15) is 6.04 Å². The van der Waals surface area contributed by atoms with Crippen molar-refractivity contribution in [2.75, 3.05) is 25.1 Å². The van der Waals surface area contributed by atoms with E-state index in [1.807, 2.05) is 4.90 Å². The second kappa shape index (κ2) is 5.44. The Morgan fingerprint density at radius 1 is 1.53 bits per heavy atom. The number of nitrogen functional groups attached to an aromatic ring is 2. The SMILES string of the molecule is COC(=O)[C@H]1CCCN1Cc1ccc(N)c(N)c1F. The second-order valence-electron chi connectivity index (χ2n) is 4.69. The average molecular weight is 267 g/mol. The van der Waals surface area contributed by atoms with Crippen LogP contribution >= 0.6 is 0 Å². The number of rotatable bonds is 3. The number of nitrogens with two attached hydrogens (primary N) is 2. The minimum Gasteiger partial charge on any atom is -0.468 e. The topological polar surface area (TPSA) is 81.6 Å². The number of esters is 1.